The zero-order valence-electron chi connectivity index (χ0n) is 19.7. The molecule has 2 heteroatoms. The Labute approximate surface area is 177 Å². The van der Waals surface area contributed by atoms with Crippen molar-refractivity contribution in [3.63, 3.8) is 0 Å². The third-order valence-corrected chi connectivity index (χ3v) is 6.11. The van der Waals surface area contributed by atoms with E-state index >= 15 is 0 Å². The molecule has 0 saturated heterocycles. The lowest BCUT2D eigenvalue weighted by atomic mass is 9.96. The lowest BCUT2D eigenvalue weighted by molar-refractivity contribution is -0.140. The molecule has 0 fully saturated rings. The van der Waals surface area contributed by atoms with Crippen LogP contribution in [0.1, 0.15) is 149 Å². The van der Waals surface area contributed by atoms with Gasteiger partial charge in [0.05, 0.1) is 7.11 Å². The highest BCUT2D eigenvalue weighted by atomic mass is 16.5. The van der Waals surface area contributed by atoms with Crippen LogP contribution in [0.2, 0.25) is 0 Å². The highest BCUT2D eigenvalue weighted by Crippen LogP contribution is 2.18. The van der Waals surface area contributed by atoms with Gasteiger partial charge in [-0.2, -0.15) is 0 Å². The van der Waals surface area contributed by atoms with Crippen molar-refractivity contribution in [1.82, 2.24) is 0 Å². The predicted molar refractivity (Wildman–Crippen MR) is 124 cm³/mol. The molecule has 28 heavy (non-hydrogen) atoms. The van der Waals surface area contributed by atoms with E-state index in [1.54, 1.807) is 0 Å². The normalized spacial score (nSPS) is 12.2. The van der Waals surface area contributed by atoms with Crippen molar-refractivity contribution < 1.29 is 9.53 Å². The van der Waals surface area contributed by atoms with Crippen LogP contribution in [-0.2, 0) is 9.53 Å². The lowest BCUT2D eigenvalue weighted by Gasteiger charge is -2.10. The maximum Gasteiger partial charge on any atom is 0.305 e. The van der Waals surface area contributed by atoms with Crippen LogP contribution in [-0.4, -0.2) is 13.1 Å². The average Bonchev–Trinajstić information content (AvgIpc) is 2.70. The second-order valence-corrected chi connectivity index (χ2v) is 9.02. The number of unbranched alkanes of at least 4 members (excludes halogenated alkanes) is 16. The Bertz CT molecular complexity index is 314. The highest BCUT2D eigenvalue weighted by molar-refractivity contribution is 5.68. The first-order chi connectivity index (χ1) is 13.7. The van der Waals surface area contributed by atoms with Gasteiger partial charge in [0.25, 0.3) is 0 Å². The Morgan fingerprint density at radius 3 is 1.36 bits per heavy atom. The zero-order valence-corrected chi connectivity index (χ0v) is 19.7. The van der Waals surface area contributed by atoms with Gasteiger partial charge in [0.15, 0.2) is 0 Å². The third kappa shape index (κ3) is 21.8. The van der Waals surface area contributed by atoms with Crippen molar-refractivity contribution in [3.8, 4) is 0 Å². The van der Waals surface area contributed by atoms with Crippen molar-refractivity contribution >= 4 is 5.97 Å². The third-order valence-electron chi connectivity index (χ3n) is 6.11. The van der Waals surface area contributed by atoms with Gasteiger partial charge >= 0.3 is 5.97 Å². The summed E-state index contributed by atoms with van der Waals surface area (Å²) >= 11 is 0. The van der Waals surface area contributed by atoms with Gasteiger partial charge in [-0.1, -0.05) is 136 Å². The standard InChI is InChI=1S/C26H52O2/c1-4-5-6-7-8-9-10-11-12-13-14-15-16-17-18-19-22-25(2)23-20-21-24-26(27)28-3/h25H,4-24H2,1-3H3. The van der Waals surface area contributed by atoms with Gasteiger partial charge < -0.3 is 4.74 Å². The summed E-state index contributed by atoms with van der Waals surface area (Å²) in [7, 11) is 1.47. The number of carbonyl (C=O) groups excluding carboxylic acids is 1. The van der Waals surface area contributed by atoms with E-state index in [2.05, 4.69) is 18.6 Å². The summed E-state index contributed by atoms with van der Waals surface area (Å²) in [4.78, 5) is 11.1. The second kappa shape index (κ2) is 22.8. The molecule has 0 bridgehead atoms. The van der Waals surface area contributed by atoms with Crippen LogP contribution in [0, 0.1) is 5.92 Å². The maximum absolute atomic E-state index is 11.1. The SMILES string of the molecule is CCCCCCCCCCCCCCCCCCC(C)CCCCC(=O)OC. The number of rotatable bonds is 22. The summed E-state index contributed by atoms with van der Waals surface area (Å²) in [6.07, 6.45) is 28.4. The minimum atomic E-state index is -0.0644. The molecule has 0 aliphatic rings. The fourth-order valence-electron chi connectivity index (χ4n) is 4.05. The van der Waals surface area contributed by atoms with Crippen LogP contribution in [0.25, 0.3) is 0 Å². The minimum absolute atomic E-state index is 0.0644. The second-order valence-electron chi connectivity index (χ2n) is 9.02. The molecule has 168 valence electrons. The van der Waals surface area contributed by atoms with Gasteiger partial charge in [0.1, 0.15) is 0 Å². The van der Waals surface area contributed by atoms with E-state index in [0.29, 0.717) is 6.42 Å². The maximum atomic E-state index is 11.1. The molecule has 0 amide bonds. The lowest BCUT2D eigenvalue weighted by Crippen LogP contribution is -2.00. The van der Waals surface area contributed by atoms with Crippen molar-refractivity contribution in [2.45, 2.75) is 149 Å². The van der Waals surface area contributed by atoms with E-state index in [4.69, 9.17) is 0 Å². The van der Waals surface area contributed by atoms with Crippen LogP contribution in [0.4, 0.5) is 0 Å². The average molecular weight is 397 g/mol. The summed E-state index contributed by atoms with van der Waals surface area (Å²) in [5.41, 5.74) is 0. The number of esters is 1. The fraction of sp³-hybridized carbons (Fsp3) is 0.962. The Morgan fingerprint density at radius 1 is 0.607 bits per heavy atom. The van der Waals surface area contributed by atoms with Crippen molar-refractivity contribution in [3.05, 3.63) is 0 Å². The molecular formula is C26H52O2. The Balaban J connectivity index is 3.14. The molecule has 0 aromatic rings. The smallest absolute Gasteiger partial charge is 0.305 e. The molecular weight excluding hydrogens is 344 g/mol. The molecule has 0 aliphatic heterocycles. The number of hydrogen-bond acceptors (Lipinski definition) is 2. The number of methoxy groups -OCH3 is 1. The molecule has 1 unspecified atom stereocenters. The molecule has 1 atom stereocenters. The number of hydrogen-bond donors (Lipinski definition) is 0. The van der Waals surface area contributed by atoms with E-state index in [1.807, 2.05) is 0 Å². The Morgan fingerprint density at radius 2 is 0.964 bits per heavy atom. The topological polar surface area (TPSA) is 26.3 Å². The van der Waals surface area contributed by atoms with Crippen molar-refractivity contribution in [2.75, 3.05) is 7.11 Å². The van der Waals surface area contributed by atoms with Crippen molar-refractivity contribution in [1.29, 1.82) is 0 Å². The molecule has 0 rings (SSSR count). The molecule has 0 saturated carbocycles. The minimum Gasteiger partial charge on any atom is -0.469 e. The summed E-state index contributed by atoms with van der Waals surface area (Å²) in [5, 5.41) is 0. The van der Waals surface area contributed by atoms with Crippen molar-refractivity contribution in [2.24, 2.45) is 5.92 Å². The van der Waals surface area contributed by atoms with Crippen LogP contribution >= 0.6 is 0 Å². The van der Waals surface area contributed by atoms with Gasteiger partial charge in [-0.15, -0.1) is 0 Å². The van der Waals surface area contributed by atoms with E-state index in [1.165, 1.54) is 123 Å². The van der Waals surface area contributed by atoms with Crippen LogP contribution in [0.3, 0.4) is 0 Å². The van der Waals surface area contributed by atoms with E-state index in [9.17, 15) is 4.79 Å². The molecule has 0 spiro atoms. The Hall–Kier alpha value is -0.530. The molecule has 0 aliphatic carbocycles. The monoisotopic (exact) mass is 396 g/mol. The molecule has 0 heterocycles. The molecule has 0 aromatic heterocycles. The first-order valence-corrected chi connectivity index (χ1v) is 12.8. The van der Waals surface area contributed by atoms with Crippen LogP contribution < -0.4 is 0 Å². The highest BCUT2D eigenvalue weighted by Gasteiger charge is 2.04. The van der Waals surface area contributed by atoms with Gasteiger partial charge in [-0.3, -0.25) is 4.79 Å². The van der Waals surface area contributed by atoms with Crippen LogP contribution in [0.15, 0.2) is 0 Å². The molecule has 0 aromatic carbocycles. The first kappa shape index (κ1) is 27.5. The van der Waals surface area contributed by atoms with Gasteiger partial charge in [-0.05, 0) is 12.3 Å². The van der Waals surface area contributed by atoms with E-state index in [0.717, 1.165) is 18.8 Å². The van der Waals surface area contributed by atoms with Gasteiger partial charge in [-0.25, -0.2) is 0 Å². The Kier molecular flexibility index (Phi) is 22.3. The first-order valence-electron chi connectivity index (χ1n) is 12.8. The van der Waals surface area contributed by atoms with E-state index in [-0.39, 0.29) is 5.97 Å². The van der Waals surface area contributed by atoms with E-state index < -0.39 is 0 Å². The molecule has 2 nitrogen and oxygen atoms in total. The quantitative estimate of drug-likeness (QED) is 0.135. The summed E-state index contributed by atoms with van der Waals surface area (Å²) in [6, 6.07) is 0. The molecule has 0 N–H and O–H groups in total. The zero-order chi connectivity index (χ0) is 20.7. The predicted octanol–water partition coefficient (Wildman–Crippen LogP) is 9.01. The largest absolute Gasteiger partial charge is 0.469 e. The summed E-state index contributed by atoms with van der Waals surface area (Å²) in [6.45, 7) is 4.66. The number of ether oxygens (including phenoxy) is 1. The summed E-state index contributed by atoms with van der Waals surface area (Å²) < 4.78 is 4.68. The number of carbonyl (C=O) groups is 1. The van der Waals surface area contributed by atoms with Gasteiger partial charge in [0.2, 0.25) is 0 Å². The van der Waals surface area contributed by atoms with Gasteiger partial charge in [0, 0.05) is 6.42 Å². The summed E-state index contributed by atoms with van der Waals surface area (Å²) in [5.74, 6) is 0.745. The fourth-order valence-corrected chi connectivity index (χ4v) is 4.05. The molecule has 0 radical (unpaired) electrons. The van der Waals surface area contributed by atoms with Crippen LogP contribution in [0.5, 0.6) is 0 Å².